The van der Waals surface area contributed by atoms with Crippen molar-refractivity contribution in [1.82, 2.24) is 9.97 Å². The van der Waals surface area contributed by atoms with Crippen LogP contribution in [0.25, 0.3) is 0 Å². The van der Waals surface area contributed by atoms with Crippen LogP contribution in [0.5, 0.6) is 0 Å². The van der Waals surface area contributed by atoms with Gasteiger partial charge in [-0.15, -0.1) is 0 Å². The van der Waals surface area contributed by atoms with Crippen LogP contribution in [-0.2, 0) is 4.74 Å². The molecule has 0 amide bonds. The van der Waals surface area contributed by atoms with Crippen LogP contribution in [0.3, 0.4) is 0 Å². The van der Waals surface area contributed by atoms with Crippen LogP contribution in [0.2, 0.25) is 0 Å². The van der Waals surface area contributed by atoms with E-state index in [1.807, 2.05) is 6.92 Å². The Labute approximate surface area is 112 Å². The first-order valence-electron chi connectivity index (χ1n) is 6.34. The Kier molecular flexibility index (Phi) is 4.16. The van der Waals surface area contributed by atoms with Crippen LogP contribution >= 0.6 is 0 Å². The molecule has 2 heterocycles. The molecule has 1 aromatic rings. The summed E-state index contributed by atoms with van der Waals surface area (Å²) in [6.07, 6.45) is 4.18. The fourth-order valence-corrected chi connectivity index (χ4v) is 2.21. The minimum atomic E-state index is -0.0305. The molecular weight excluding hydrogens is 246 g/mol. The molecule has 0 spiro atoms. The lowest BCUT2D eigenvalue weighted by molar-refractivity contribution is 0.0296. The summed E-state index contributed by atoms with van der Waals surface area (Å²) in [5.74, 6) is 0.608. The third-order valence-electron chi connectivity index (χ3n) is 3.24. The number of anilines is 1. The molecule has 0 saturated carbocycles. The van der Waals surface area contributed by atoms with Gasteiger partial charge in [-0.05, 0) is 13.3 Å². The van der Waals surface area contributed by atoms with E-state index in [-0.39, 0.29) is 18.0 Å². The number of ether oxygens (including phenoxy) is 1. The Morgan fingerprint density at radius 1 is 1.58 bits per heavy atom. The molecule has 0 aromatic carbocycles. The number of hydrogen-bond acceptors (Lipinski definition) is 6. The molecule has 1 aliphatic rings. The first-order valence-corrected chi connectivity index (χ1v) is 6.34. The largest absolute Gasteiger partial charge is 0.409 e. The van der Waals surface area contributed by atoms with Crippen LogP contribution in [0.1, 0.15) is 26.0 Å². The molecule has 3 N–H and O–H groups in total. The number of morpholine rings is 1. The molecule has 0 bridgehead atoms. The standard InChI is InChI=1S/C12H19N5O2/c1-3-9-7-19-8(2)6-17(9)12-10(11(13)16-18)14-4-5-15-12/h4-5,8-9,18H,3,6-7H2,1-2H3,(H2,13,16). The lowest BCUT2D eigenvalue weighted by Gasteiger charge is -2.39. The quantitative estimate of drug-likeness (QED) is 0.359. The molecule has 1 saturated heterocycles. The number of amidine groups is 1. The van der Waals surface area contributed by atoms with Crippen LogP contribution in [0, 0.1) is 0 Å². The highest BCUT2D eigenvalue weighted by Crippen LogP contribution is 2.23. The third-order valence-corrected chi connectivity index (χ3v) is 3.24. The third kappa shape index (κ3) is 2.76. The monoisotopic (exact) mass is 265 g/mol. The van der Waals surface area contributed by atoms with E-state index in [2.05, 4.69) is 26.9 Å². The molecule has 2 unspecified atom stereocenters. The Morgan fingerprint density at radius 3 is 3.00 bits per heavy atom. The molecular formula is C12H19N5O2. The molecule has 104 valence electrons. The van der Waals surface area contributed by atoms with Gasteiger partial charge in [0.15, 0.2) is 17.3 Å². The Bertz CT molecular complexity index is 465. The second kappa shape index (κ2) is 5.83. The van der Waals surface area contributed by atoms with E-state index in [1.165, 1.54) is 6.20 Å². The number of oxime groups is 1. The minimum absolute atomic E-state index is 0.0305. The maximum atomic E-state index is 8.84. The van der Waals surface area contributed by atoms with Crippen molar-refractivity contribution in [3.05, 3.63) is 18.1 Å². The van der Waals surface area contributed by atoms with Crippen molar-refractivity contribution >= 4 is 11.7 Å². The number of hydrogen-bond donors (Lipinski definition) is 2. The molecule has 1 fully saturated rings. The van der Waals surface area contributed by atoms with E-state index >= 15 is 0 Å². The van der Waals surface area contributed by atoms with E-state index in [1.54, 1.807) is 6.20 Å². The lowest BCUT2D eigenvalue weighted by Crippen LogP contribution is -2.49. The molecule has 2 rings (SSSR count). The van der Waals surface area contributed by atoms with E-state index in [0.717, 1.165) is 6.42 Å². The molecule has 7 heteroatoms. The van der Waals surface area contributed by atoms with Gasteiger partial charge in [0.2, 0.25) is 0 Å². The summed E-state index contributed by atoms with van der Waals surface area (Å²) in [4.78, 5) is 10.6. The van der Waals surface area contributed by atoms with Crippen LogP contribution < -0.4 is 10.6 Å². The highest BCUT2D eigenvalue weighted by Gasteiger charge is 2.29. The molecule has 2 atom stereocenters. The molecule has 0 aliphatic carbocycles. The summed E-state index contributed by atoms with van der Waals surface area (Å²) in [6.45, 7) is 5.46. The maximum absolute atomic E-state index is 8.84. The van der Waals surface area contributed by atoms with Gasteiger partial charge < -0.3 is 20.6 Å². The van der Waals surface area contributed by atoms with Crippen LogP contribution in [0.15, 0.2) is 17.5 Å². The topological polar surface area (TPSA) is 96.9 Å². The van der Waals surface area contributed by atoms with Crippen molar-refractivity contribution in [2.75, 3.05) is 18.1 Å². The highest BCUT2D eigenvalue weighted by atomic mass is 16.5. The first-order chi connectivity index (χ1) is 9.17. The van der Waals surface area contributed by atoms with Gasteiger partial charge in [0.1, 0.15) is 0 Å². The predicted molar refractivity (Wildman–Crippen MR) is 71.4 cm³/mol. The van der Waals surface area contributed by atoms with Crippen molar-refractivity contribution < 1.29 is 9.94 Å². The number of rotatable bonds is 3. The van der Waals surface area contributed by atoms with E-state index in [0.29, 0.717) is 24.7 Å². The zero-order valence-electron chi connectivity index (χ0n) is 11.2. The minimum Gasteiger partial charge on any atom is -0.409 e. The average Bonchev–Trinajstić information content (AvgIpc) is 2.46. The fraction of sp³-hybridized carbons (Fsp3) is 0.583. The second-order valence-electron chi connectivity index (χ2n) is 4.57. The lowest BCUT2D eigenvalue weighted by atomic mass is 10.1. The maximum Gasteiger partial charge on any atom is 0.192 e. The van der Waals surface area contributed by atoms with Gasteiger partial charge in [-0.25, -0.2) is 9.97 Å². The van der Waals surface area contributed by atoms with E-state index < -0.39 is 0 Å². The molecule has 19 heavy (non-hydrogen) atoms. The van der Waals surface area contributed by atoms with Crippen molar-refractivity contribution in [2.45, 2.75) is 32.4 Å². The summed E-state index contributed by atoms with van der Waals surface area (Å²) in [5, 5.41) is 11.9. The second-order valence-corrected chi connectivity index (χ2v) is 4.57. The Hall–Kier alpha value is -1.89. The van der Waals surface area contributed by atoms with Gasteiger partial charge in [0.25, 0.3) is 0 Å². The summed E-state index contributed by atoms with van der Waals surface area (Å²) in [7, 11) is 0. The van der Waals surface area contributed by atoms with Crippen LogP contribution in [0.4, 0.5) is 5.82 Å². The summed E-state index contributed by atoms with van der Waals surface area (Å²) >= 11 is 0. The van der Waals surface area contributed by atoms with Gasteiger partial charge in [-0.2, -0.15) is 0 Å². The Balaban J connectivity index is 2.38. The zero-order valence-corrected chi connectivity index (χ0v) is 11.2. The van der Waals surface area contributed by atoms with Crippen molar-refractivity contribution in [3.63, 3.8) is 0 Å². The van der Waals surface area contributed by atoms with Gasteiger partial charge in [0, 0.05) is 18.9 Å². The molecule has 1 aromatic heterocycles. The molecule has 7 nitrogen and oxygen atoms in total. The predicted octanol–water partition coefficient (Wildman–Crippen LogP) is 0.575. The zero-order chi connectivity index (χ0) is 13.8. The highest BCUT2D eigenvalue weighted by molar-refractivity contribution is 5.99. The number of nitrogens with two attached hydrogens (primary N) is 1. The Morgan fingerprint density at radius 2 is 2.32 bits per heavy atom. The van der Waals surface area contributed by atoms with Gasteiger partial charge >= 0.3 is 0 Å². The number of aromatic nitrogens is 2. The van der Waals surface area contributed by atoms with Crippen LogP contribution in [-0.4, -0.2) is 46.3 Å². The average molecular weight is 265 g/mol. The molecule has 0 radical (unpaired) electrons. The summed E-state index contributed by atoms with van der Waals surface area (Å²) in [6, 6.07) is 0.221. The van der Waals surface area contributed by atoms with E-state index in [4.69, 9.17) is 15.7 Å². The van der Waals surface area contributed by atoms with Gasteiger partial charge in [0.05, 0.1) is 18.8 Å². The first kappa shape index (κ1) is 13.5. The summed E-state index contributed by atoms with van der Waals surface area (Å²) < 4.78 is 5.66. The van der Waals surface area contributed by atoms with Crippen molar-refractivity contribution in [1.29, 1.82) is 0 Å². The smallest absolute Gasteiger partial charge is 0.192 e. The van der Waals surface area contributed by atoms with Crippen molar-refractivity contribution in [3.8, 4) is 0 Å². The van der Waals surface area contributed by atoms with Gasteiger partial charge in [-0.1, -0.05) is 12.1 Å². The van der Waals surface area contributed by atoms with Crippen molar-refractivity contribution in [2.24, 2.45) is 10.9 Å². The summed E-state index contributed by atoms with van der Waals surface area (Å²) in [5.41, 5.74) is 6.06. The SMILES string of the molecule is CCC1COC(C)CN1c1nccnc1C(N)=NO. The van der Waals surface area contributed by atoms with Gasteiger partial charge in [-0.3, -0.25) is 0 Å². The molecule has 1 aliphatic heterocycles. The van der Waals surface area contributed by atoms with E-state index in [9.17, 15) is 0 Å². The fourth-order valence-electron chi connectivity index (χ4n) is 2.21. The number of nitrogens with zero attached hydrogens (tertiary/aromatic N) is 4. The normalized spacial score (nSPS) is 24.5.